The molecular weight excluding hydrogens is 294 g/mol. The Labute approximate surface area is 125 Å². The molecule has 2 N–H and O–H groups in total. The Kier molecular flexibility index (Phi) is 6.80. The van der Waals surface area contributed by atoms with Crippen molar-refractivity contribution in [1.29, 1.82) is 0 Å². The van der Waals surface area contributed by atoms with E-state index in [0.29, 0.717) is 25.1 Å². The normalized spacial score (nSPS) is 11.5. The number of ether oxygens (including phenoxy) is 1. The van der Waals surface area contributed by atoms with E-state index < -0.39 is 16.0 Å². The fraction of sp³-hybridized carbons (Fsp3) is 0.500. The van der Waals surface area contributed by atoms with Gasteiger partial charge in [-0.2, -0.15) is 0 Å². The number of hydrogen-bond donors (Lipinski definition) is 2. The van der Waals surface area contributed by atoms with Crippen molar-refractivity contribution in [1.82, 2.24) is 4.72 Å². The molecule has 0 heterocycles. The number of rotatable bonds is 9. The number of hydrogen-bond acceptors (Lipinski definition) is 4. The molecule has 1 rings (SSSR count). The van der Waals surface area contributed by atoms with Crippen molar-refractivity contribution in [3.8, 4) is 0 Å². The van der Waals surface area contributed by atoms with Crippen molar-refractivity contribution in [2.45, 2.75) is 31.1 Å². The molecule has 0 saturated heterocycles. The SMILES string of the molecule is COCCCCCNS(=O)(=O)c1cc(C(=O)O)ccc1C. The highest BCUT2D eigenvalue weighted by Crippen LogP contribution is 2.17. The summed E-state index contributed by atoms with van der Waals surface area (Å²) in [6.45, 7) is 2.62. The van der Waals surface area contributed by atoms with Gasteiger partial charge >= 0.3 is 5.97 Å². The van der Waals surface area contributed by atoms with E-state index in [4.69, 9.17) is 9.84 Å². The Morgan fingerprint density at radius 3 is 2.62 bits per heavy atom. The molecule has 0 radical (unpaired) electrons. The zero-order valence-corrected chi connectivity index (χ0v) is 13.1. The highest BCUT2D eigenvalue weighted by atomic mass is 32.2. The topological polar surface area (TPSA) is 92.7 Å². The first-order valence-electron chi connectivity index (χ1n) is 6.71. The van der Waals surface area contributed by atoms with Gasteiger partial charge in [-0.25, -0.2) is 17.9 Å². The van der Waals surface area contributed by atoms with Crippen molar-refractivity contribution in [2.24, 2.45) is 0 Å². The quantitative estimate of drug-likeness (QED) is 0.678. The number of benzene rings is 1. The number of aromatic carboxylic acids is 1. The van der Waals surface area contributed by atoms with Gasteiger partial charge in [0.25, 0.3) is 0 Å². The predicted molar refractivity (Wildman–Crippen MR) is 79.1 cm³/mol. The Morgan fingerprint density at radius 1 is 1.29 bits per heavy atom. The van der Waals surface area contributed by atoms with Crippen LogP contribution in [0.3, 0.4) is 0 Å². The molecule has 0 aromatic heterocycles. The number of sulfonamides is 1. The third-order valence-electron chi connectivity index (χ3n) is 3.04. The molecular formula is C14H21NO5S. The number of carbonyl (C=O) groups is 1. The predicted octanol–water partition coefficient (Wildman–Crippen LogP) is 1.79. The van der Waals surface area contributed by atoms with Crippen molar-refractivity contribution in [3.63, 3.8) is 0 Å². The molecule has 0 saturated carbocycles. The monoisotopic (exact) mass is 315 g/mol. The minimum atomic E-state index is -3.68. The second-order valence-electron chi connectivity index (χ2n) is 4.74. The first-order valence-corrected chi connectivity index (χ1v) is 8.19. The second kappa shape index (κ2) is 8.11. The number of methoxy groups -OCH3 is 1. The highest BCUT2D eigenvalue weighted by molar-refractivity contribution is 7.89. The average Bonchev–Trinajstić information content (AvgIpc) is 2.42. The van der Waals surface area contributed by atoms with Crippen molar-refractivity contribution < 1.29 is 23.1 Å². The number of unbranched alkanes of at least 4 members (excludes halogenated alkanes) is 2. The largest absolute Gasteiger partial charge is 0.478 e. The van der Waals surface area contributed by atoms with E-state index in [1.807, 2.05) is 0 Å². The van der Waals surface area contributed by atoms with Crippen LogP contribution in [0.5, 0.6) is 0 Å². The van der Waals surface area contributed by atoms with Crippen LogP contribution in [-0.2, 0) is 14.8 Å². The number of carboxylic acid groups (broad SMARTS) is 1. The van der Waals surface area contributed by atoms with E-state index in [0.717, 1.165) is 12.8 Å². The van der Waals surface area contributed by atoms with Crippen LogP contribution in [0.4, 0.5) is 0 Å². The summed E-state index contributed by atoms with van der Waals surface area (Å²) < 4.78 is 31.8. The van der Waals surface area contributed by atoms with E-state index in [2.05, 4.69) is 4.72 Å². The summed E-state index contributed by atoms with van der Waals surface area (Å²) >= 11 is 0. The van der Waals surface area contributed by atoms with Gasteiger partial charge in [-0.15, -0.1) is 0 Å². The lowest BCUT2D eigenvalue weighted by Gasteiger charge is -2.10. The molecule has 0 aliphatic carbocycles. The molecule has 0 amide bonds. The standard InChI is InChI=1S/C14H21NO5S/c1-11-6-7-12(14(16)17)10-13(11)21(18,19)15-8-4-3-5-9-20-2/h6-7,10,15H,3-5,8-9H2,1-2H3,(H,16,17). The van der Waals surface area contributed by atoms with Crippen molar-refractivity contribution in [3.05, 3.63) is 29.3 Å². The molecule has 0 fully saturated rings. The van der Waals surface area contributed by atoms with Gasteiger partial charge in [-0.05, 0) is 43.9 Å². The average molecular weight is 315 g/mol. The highest BCUT2D eigenvalue weighted by Gasteiger charge is 2.18. The van der Waals surface area contributed by atoms with Crippen LogP contribution in [0.25, 0.3) is 0 Å². The van der Waals surface area contributed by atoms with E-state index in [-0.39, 0.29) is 10.5 Å². The molecule has 0 aliphatic rings. The van der Waals surface area contributed by atoms with E-state index in [1.54, 1.807) is 14.0 Å². The van der Waals surface area contributed by atoms with Gasteiger partial charge in [-0.3, -0.25) is 0 Å². The van der Waals surface area contributed by atoms with Gasteiger partial charge in [0.05, 0.1) is 10.5 Å². The fourth-order valence-corrected chi connectivity index (χ4v) is 3.20. The summed E-state index contributed by atoms with van der Waals surface area (Å²) in [4.78, 5) is 10.9. The Balaban J connectivity index is 2.70. The van der Waals surface area contributed by atoms with Crippen LogP contribution in [0.1, 0.15) is 35.2 Å². The molecule has 7 heteroatoms. The molecule has 0 bridgehead atoms. The zero-order chi connectivity index (χ0) is 15.9. The molecule has 6 nitrogen and oxygen atoms in total. The first kappa shape index (κ1) is 17.6. The molecule has 0 aliphatic heterocycles. The summed E-state index contributed by atoms with van der Waals surface area (Å²) in [6.07, 6.45) is 2.45. The lowest BCUT2D eigenvalue weighted by atomic mass is 10.1. The molecule has 0 spiro atoms. The van der Waals surface area contributed by atoms with Gasteiger partial charge in [0, 0.05) is 20.3 Å². The lowest BCUT2D eigenvalue weighted by Crippen LogP contribution is -2.25. The van der Waals surface area contributed by atoms with E-state index >= 15 is 0 Å². The number of nitrogens with one attached hydrogen (secondary N) is 1. The number of aryl methyl sites for hydroxylation is 1. The van der Waals surface area contributed by atoms with Gasteiger partial charge < -0.3 is 9.84 Å². The van der Waals surface area contributed by atoms with Crippen LogP contribution in [0.15, 0.2) is 23.1 Å². The lowest BCUT2D eigenvalue weighted by molar-refractivity contribution is 0.0696. The Morgan fingerprint density at radius 2 is 2.00 bits per heavy atom. The summed E-state index contributed by atoms with van der Waals surface area (Å²) in [5, 5.41) is 8.94. The number of carboxylic acids is 1. The summed E-state index contributed by atoms with van der Waals surface area (Å²) in [7, 11) is -2.06. The molecule has 1 aromatic carbocycles. The van der Waals surface area contributed by atoms with Crippen molar-refractivity contribution in [2.75, 3.05) is 20.3 Å². The minimum absolute atomic E-state index is 0.0132. The van der Waals surface area contributed by atoms with Gasteiger partial charge in [0.1, 0.15) is 0 Å². The fourth-order valence-electron chi connectivity index (χ4n) is 1.86. The first-order chi connectivity index (χ1) is 9.88. The zero-order valence-electron chi connectivity index (χ0n) is 12.3. The molecule has 1 aromatic rings. The van der Waals surface area contributed by atoms with Crippen LogP contribution in [-0.4, -0.2) is 39.8 Å². The molecule has 118 valence electrons. The molecule has 0 unspecified atom stereocenters. The van der Waals surface area contributed by atoms with Crippen molar-refractivity contribution >= 4 is 16.0 Å². The van der Waals surface area contributed by atoms with Crippen LogP contribution in [0, 0.1) is 6.92 Å². The minimum Gasteiger partial charge on any atom is -0.478 e. The van der Waals surface area contributed by atoms with Crippen LogP contribution in [0.2, 0.25) is 0 Å². The molecule has 0 atom stereocenters. The Hall–Kier alpha value is -1.44. The van der Waals surface area contributed by atoms with E-state index in [1.165, 1.54) is 18.2 Å². The van der Waals surface area contributed by atoms with Crippen LogP contribution < -0.4 is 4.72 Å². The summed E-state index contributed by atoms with van der Waals surface area (Å²) in [6, 6.07) is 4.07. The second-order valence-corrected chi connectivity index (χ2v) is 6.47. The maximum absolute atomic E-state index is 12.2. The summed E-state index contributed by atoms with van der Waals surface area (Å²) in [5.74, 6) is -1.15. The maximum atomic E-state index is 12.2. The smallest absolute Gasteiger partial charge is 0.335 e. The van der Waals surface area contributed by atoms with Crippen LogP contribution >= 0.6 is 0 Å². The Bertz CT molecular complexity index is 583. The maximum Gasteiger partial charge on any atom is 0.335 e. The van der Waals surface area contributed by atoms with Gasteiger partial charge in [-0.1, -0.05) is 6.07 Å². The van der Waals surface area contributed by atoms with Gasteiger partial charge in [0.2, 0.25) is 10.0 Å². The third-order valence-corrected chi connectivity index (χ3v) is 4.64. The van der Waals surface area contributed by atoms with E-state index in [9.17, 15) is 13.2 Å². The van der Waals surface area contributed by atoms with Gasteiger partial charge in [0.15, 0.2) is 0 Å². The third kappa shape index (κ3) is 5.45. The summed E-state index contributed by atoms with van der Waals surface area (Å²) in [5.41, 5.74) is 0.480. The molecule has 21 heavy (non-hydrogen) atoms.